The van der Waals surface area contributed by atoms with E-state index in [1.54, 1.807) is 12.1 Å². The molecule has 1 aromatic heterocycles. The number of aliphatic hydroxyl groups is 1. The first-order chi connectivity index (χ1) is 6.77. The van der Waals surface area contributed by atoms with Gasteiger partial charge >= 0.3 is 0 Å². The Bertz CT molecular complexity index is 411. The van der Waals surface area contributed by atoms with Crippen LogP contribution >= 0.6 is 11.3 Å². The molecular weight excluding hydrogens is 199 g/mol. The van der Waals surface area contributed by atoms with Crippen LogP contribution in [0.2, 0.25) is 0 Å². The van der Waals surface area contributed by atoms with Crippen molar-refractivity contribution < 1.29 is 9.50 Å². The third-order valence-corrected chi connectivity index (χ3v) is 2.90. The van der Waals surface area contributed by atoms with Crippen molar-refractivity contribution in [3.8, 4) is 0 Å². The Balaban J connectivity index is 2.32. The topological polar surface area (TPSA) is 20.2 Å². The number of aliphatic hydroxyl groups excluding tert-OH is 1. The minimum absolute atomic E-state index is 0.321. The van der Waals surface area contributed by atoms with E-state index in [4.69, 9.17) is 0 Å². The van der Waals surface area contributed by atoms with Crippen LogP contribution in [0, 0.1) is 5.82 Å². The van der Waals surface area contributed by atoms with E-state index in [1.165, 1.54) is 23.5 Å². The first kappa shape index (κ1) is 9.37. The van der Waals surface area contributed by atoms with Crippen molar-refractivity contribution in [3.63, 3.8) is 0 Å². The molecule has 1 aromatic carbocycles. The first-order valence-electron chi connectivity index (χ1n) is 4.24. The number of hydrogen-bond donors (Lipinski definition) is 1. The van der Waals surface area contributed by atoms with Gasteiger partial charge in [-0.1, -0.05) is 18.2 Å². The third kappa shape index (κ3) is 1.84. The lowest BCUT2D eigenvalue weighted by Crippen LogP contribution is -1.96. The van der Waals surface area contributed by atoms with Crippen LogP contribution in [0.5, 0.6) is 0 Å². The predicted molar refractivity (Wildman–Crippen MR) is 54.8 cm³/mol. The lowest BCUT2D eigenvalue weighted by atomic mass is 10.1. The van der Waals surface area contributed by atoms with Gasteiger partial charge in [0.15, 0.2) is 0 Å². The van der Waals surface area contributed by atoms with Gasteiger partial charge < -0.3 is 5.11 Å². The smallest absolute Gasteiger partial charge is 0.123 e. The van der Waals surface area contributed by atoms with Crippen LogP contribution in [-0.4, -0.2) is 5.11 Å². The van der Waals surface area contributed by atoms with Gasteiger partial charge in [0.25, 0.3) is 0 Å². The summed E-state index contributed by atoms with van der Waals surface area (Å²) in [7, 11) is 0. The Morgan fingerprint density at radius 2 is 2.07 bits per heavy atom. The fourth-order valence-corrected chi connectivity index (χ4v) is 2.02. The van der Waals surface area contributed by atoms with E-state index < -0.39 is 6.10 Å². The maximum atomic E-state index is 12.9. The second-order valence-electron chi connectivity index (χ2n) is 2.97. The molecule has 0 aliphatic heterocycles. The minimum Gasteiger partial charge on any atom is -0.383 e. The Hall–Kier alpha value is -1.19. The quantitative estimate of drug-likeness (QED) is 0.804. The molecule has 1 heterocycles. The van der Waals surface area contributed by atoms with Gasteiger partial charge in [0.05, 0.1) is 0 Å². The Morgan fingerprint density at radius 3 is 2.71 bits per heavy atom. The molecule has 1 atom stereocenters. The Morgan fingerprint density at radius 1 is 1.21 bits per heavy atom. The summed E-state index contributed by atoms with van der Waals surface area (Å²) in [6, 6.07) is 9.73. The van der Waals surface area contributed by atoms with Crippen LogP contribution in [-0.2, 0) is 0 Å². The fourth-order valence-electron chi connectivity index (χ4n) is 1.29. The fraction of sp³-hybridized carbons (Fsp3) is 0.0909. The van der Waals surface area contributed by atoms with E-state index in [0.717, 1.165) is 4.88 Å². The molecule has 1 nitrogen and oxygen atoms in total. The molecule has 2 aromatic rings. The van der Waals surface area contributed by atoms with Gasteiger partial charge in [0, 0.05) is 4.88 Å². The maximum Gasteiger partial charge on any atom is 0.123 e. The summed E-state index contributed by atoms with van der Waals surface area (Å²) in [5.41, 5.74) is 0.590. The number of benzene rings is 1. The minimum atomic E-state index is -0.717. The number of halogens is 1. The number of rotatable bonds is 2. The summed E-state index contributed by atoms with van der Waals surface area (Å²) in [5.74, 6) is -0.321. The molecule has 0 amide bonds. The Kier molecular flexibility index (Phi) is 2.61. The van der Waals surface area contributed by atoms with Crippen molar-refractivity contribution in [1.82, 2.24) is 0 Å². The molecule has 0 fully saturated rings. The molecule has 0 aliphatic rings. The third-order valence-electron chi connectivity index (χ3n) is 1.98. The first-order valence-corrected chi connectivity index (χ1v) is 5.12. The second-order valence-corrected chi connectivity index (χ2v) is 3.95. The van der Waals surface area contributed by atoms with Crippen LogP contribution < -0.4 is 0 Å². The molecule has 0 spiro atoms. The predicted octanol–water partition coefficient (Wildman–Crippen LogP) is 2.97. The van der Waals surface area contributed by atoms with Gasteiger partial charge in [0.1, 0.15) is 11.9 Å². The second kappa shape index (κ2) is 3.90. The van der Waals surface area contributed by atoms with Crippen molar-refractivity contribution in [1.29, 1.82) is 0 Å². The standard InChI is InChI=1S/C11H9FOS/c12-9-4-1-3-8(7-9)11(13)10-5-2-6-14-10/h1-7,11,13H/t11-/m1/s1. The summed E-state index contributed by atoms with van der Waals surface area (Å²) < 4.78 is 12.9. The SMILES string of the molecule is O[C@H](c1cccc(F)c1)c1cccs1. The van der Waals surface area contributed by atoms with E-state index in [2.05, 4.69) is 0 Å². The largest absolute Gasteiger partial charge is 0.383 e. The van der Waals surface area contributed by atoms with Crippen LogP contribution in [0.25, 0.3) is 0 Å². The van der Waals surface area contributed by atoms with E-state index in [1.807, 2.05) is 17.5 Å². The van der Waals surface area contributed by atoms with Crippen LogP contribution in [0.15, 0.2) is 41.8 Å². The molecule has 2 rings (SSSR count). The zero-order valence-corrected chi connectivity index (χ0v) is 8.17. The molecule has 0 bridgehead atoms. The summed E-state index contributed by atoms with van der Waals surface area (Å²) in [4.78, 5) is 0.829. The van der Waals surface area contributed by atoms with Crippen molar-refractivity contribution in [3.05, 3.63) is 58.0 Å². The van der Waals surface area contributed by atoms with Crippen molar-refractivity contribution in [2.75, 3.05) is 0 Å². The van der Waals surface area contributed by atoms with Gasteiger partial charge in [-0.2, -0.15) is 0 Å². The van der Waals surface area contributed by atoms with E-state index in [0.29, 0.717) is 5.56 Å². The molecule has 1 N–H and O–H groups in total. The van der Waals surface area contributed by atoms with Gasteiger partial charge in [-0.3, -0.25) is 0 Å². The van der Waals surface area contributed by atoms with Crippen LogP contribution in [0.3, 0.4) is 0 Å². The highest BCUT2D eigenvalue weighted by Crippen LogP contribution is 2.25. The average Bonchev–Trinajstić information content (AvgIpc) is 2.69. The van der Waals surface area contributed by atoms with Gasteiger partial charge in [0.2, 0.25) is 0 Å². The lowest BCUT2D eigenvalue weighted by Gasteiger charge is -2.08. The summed E-state index contributed by atoms with van der Waals surface area (Å²) in [6.07, 6.45) is -0.717. The van der Waals surface area contributed by atoms with Crippen LogP contribution in [0.4, 0.5) is 4.39 Å². The zero-order chi connectivity index (χ0) is 9.97. The highest BCUT2D eigenvalue weighted by Gasteiger charge is 2.11. The van der Waals surface area contributed by atoms with Crippen molar-refractivity contribution in [2.45, 2.75) is 6.10 Å². The average molecular weight is 208 g/mol. The van der Waals surface area contributed by atoms with E-state index >= 15 is 0 Å². The Labute approximate surface area is 85.5 Å². The number of thiophene rings is 1. The molecule has 0 unspecified atom stereocenters. The summed E-state index contributed by atoms with van der Waals surface area (Å²) in [5, 5.41) is 11.7. The van der Waals surface area contributed by atoms with Crippen molar-refractivity contribution >= 4 is 11.3 Å². The summed E-state index contributed by atoms with van der Waals surface area (Å²) >= 11 is 1.46. The normalized spacial score (nSPS) is 12.7. The van der Waals surface area contributed by atoms with Crippen molar-refractivity contribution in [2.24, 2.45) is 0 Å². The molecule has 72 valence electrons. The molecule has 0 saturated carbocycles. The monoisotopic (exact) mass is 208 g/mol. The molecule has 0 aliphatic carbocycles. The molecule has 0 saturated heterocycles. The van der Waals surface area contributed by atoms with E-state index in [9.17, 15) is 9.50 Å². The highest BCUT2D eigenvalue weighted by atomic mass is 32.1. The van der Waals surface area contributed by atoms with Crippen LogP contribution in [0.1, 0.15) is 16.5 Å². The summed E-state index contributed by atoms with van der Waals surface area (Å²) in [6.45, 7) is 0. The van der Waals surface area contributed by atoms with Gasteiger partial charge in [-0.15, -0.1) is 11.3 Å². The van der Waals surface area contributed by atoms with Gasteiger partial charge in [-0.25, -0.2) is 4.39 Å². The molecule has 3 heteroatoms. The zero-order valence-electron chi connectivity index (χ0n) is 7.35. The number of hydrogen-bond acceptors (Lipinski definition) is 2. The van der Waals surface area contributed by atoms with Gasteiger partial charge in [-0.05, 0) is 29.1 Å². The molecular formula is C11H9FOS. The molecule has 0 radical (unpaired) electrons. The van der Waals surface area contributed by atoms with E-state index in [-0.39, 0.29) is 5.82 Å². The lowest BCUT2D eigenvalue weighted by molar-refractivity contribution is 0.223. The maximum absolute atomic E-state index is 12.9. The molecule has 14 heavy (non-hydrogen) atoms. The highest BCUT2D eigenvalue weighted by molar-refractivity contribution is 7.10.